The summed E-state index contributed by atoms with van der Waals surface area (Å²) in [6.45, 7) is 6.90. The molecule has 1 aromatic carbocycles. The van der Waals surface area contributed by atoms with Gasteiger partial charge < -0.3 is 10.2 Å². The molecule has 0 saturated carbocycles. The first kappa shape index (κ1) is 18.8. The average molecular weight is 361 g/mol. The van der Waals surface area contributed by atoms with Gasteiger partial charge in [0.15, 0.2) is 0 Å². The second-order valence-electron chi connectivity index (χ2n) is 6.47. The number of rotatable bonds is 9. The molecule has 1 N–H and O–H groups in total. The van der Waals surface area contributed by atoms with Crippen molar-refractivity contribution >= 4 is 11.8 Å². The van der Waals surface area contributed by atoms with Crippen molar-refractivity contribution in [3.8, 4) is 11.3 Å². The third kappa shape index (κ3) is 5.26. The van der Waals surface area contributed by atoms with Crippen molar-refractivity contribution in [2.45, 2.75) is 33.2 Å². The van der Waals surface area contributed by atoms with Gasteiger partial charge in [-0.1, -0.05) is 50.2 Å². The Balaban J connectivity index is 1.92. The normalized spacial score (nSPS) is 10.6. The second kappa shape index (κ2) is 9.67. The monoisotopic (exact) mass is 361 g/mol. The number of aromatic nitrogens is 3. The van der Waals surface area contributed by atoms with Crippen molar-refractivity contribution in [3.63, 3.8) is 0 Å². The highest BCUT2D eigenvalue weighted by Gasteiger charge is 2.12. The largest absolute Gasteiger partial charge is 0.364 e. The zero-order chi connectivity index (χ0) is 18.9. The lowest BCUT2D eigenvalue weighted by Crippen LogP contribution is -2.27. The van der Waals surface area contributed by atoms with Gasteiger partial charge in [-0.2, -0.15) is 4.98 Å². The molecule has 0 saturated heterocycles. The van der Waals surface area contributed by atoms with Crippen LogP contribution < -0.4 is 10.2 Å². The molecule has 0 radical (unpaired) electrons. The summed E-state index contributed by atoms with van der Waals surface area (Å²) < 4.78 is 0. The second-order valence-corrected chi connectivity index (χ2v) is 6.47. The van der Waals surface area contributed by atoms with Gasteiger partial charge in [0, 0.05) is 30.9 Å². The van der Waals surface area contributed by atoms with E-state index >= 15 is 0 Å². The van der Waals surface area contributed by atoms with Gasteiger partial charge in [0.1, 0.15) is 5.82 Å². The van der Waals surface area contributed by atoms with E-state index in [0.717, 1.165) is 54.6 Å². The molecule has 27 heavy (non-hydrogen) atoms. The Labute approximate surface area is 161 Å². The summed E-state index contributed by atoms with van der Waals surface area (Å²) in [5.74, 6) is 1.60. The van der Waals surface area contributed by atoms with E-state index in [4.69, 9.17) is 9.97 Å². The summed E-state index contributed by atoms with van der Waals surface area (Å²) in [7, 11) is 0. The van der Waals surface area contributed by atoms with E-state index in [2.05, 4.69) is 41.2 Å². The van der Waals surface area contributed by atoms with E-state index in [0.29, 0.717) is 6.54 Å². The standard InChI is InChI=1S/C22H27N5/c1-3-14-27(15-4-2)22-25-20(18-10-6-5-7-11-18)16-21(26-22)24-17-19-12-8-9-13-23-19/h5-13,16H,3-4,14-15,17H2,1-2H3,(H,24,25,26). The molecule has 5 heteroatoms. The first-order chi connectivity index (χ1) is 13.3. The molecular formula is C22H27N5. The van der Waals surface area contributed by atoms with Crippen molar-refractivity contribution in [2.24, 2.45) is 0 Å². The van der Waals surface area contributed by atoms with Gasteiger partial charge >= 0.3 is 0 Å². The maximum absolute atomic E-state index is 4.86. The molecule has 0 aliphatic rings. The summed E-state index contributed by atoms with van der Waals surface area (Å²) >= 11 is 0. The van der Waals surface area contributed by atoms with E-state index in [1.807, 2.05) is 48.7 Å². The molecule has 0 bridgehead atoms. The number of pyridine rings is 1. The van der Waals surface area contributed by atoms with Crippen LogP contribution >= 0.6 is 0 Å². The number of hydrogen-bond donors (Lipinski definition) is 1. The van der Waals surface area contributed by atoms with Gasteiger partial charge in [0.25, 0.3) is 0 Å². The van der Waals surface area contributed by atoms with Gasteiger partial charge in [-0.3, -0.25) is 4.98 Å². The zero-order valence-corrected chi connectivity index (χ0v) is 16.1. The summed E-state index contributed by atoms with van der Waals surface area (Å²) in [6, 6.07) is 18.2. The molecule has 140 valence electrons. The van der Waals surface area contributed by atoms with Crippen LogP contribution in [-0.4, -0.2) is 28.0 Å². The maximum atomic E-state index is 4.86. The molecule has 0 aliphatic carbocycles. The fraction of sp³-hybridized carbons (Fsp3) is 0.318. The van der Waals surface area contributed by atoms with Gasteiger partial charge in [-0.05, 0) is 25.0 Å². The quantitative estimate of drug-likeness (QED) is 0.594. The zero-order valence-electron chi connectivity index (χ0n) is 16.1. The highest BCUT2D eigenvalue weighted by Crippen LogP contribution is 2.23. The first-order valence-electron chi connectivity index (χ1n) is 9.63. The van der Waals surface area contributed by atoms with E-state index in [1.54, 1.807) is 0 Å². The molecule has 0 spiro atoms. The van der Waals surface area contributed by atoms with Crippen LogP contribution in [0.25, 0.3) is 11.3 Å². The van der Waals surface area contributed by atoms with Crippen molar-refractivity contribution in [2.75, 3.05) is 23.3 Å². The van der Waals surface area contributed by atoms with Crippen LogP contribution in [0, 0.1) is 0 Å². The van der Waals surface area contributed by atoms with Gasteiger partial charge in [0.05, 0.1) is 17.9 Å². The van der Waals surface area contributed by atoms with Gasteiger partial charge in [-0.15, -0.1) is 0 Å². The fourth-order valence-corrected chi connectivity index (χ4v) is 2.96. The third-order valence-electron chi connectivity index (χ3n) is 4.23. The Morgan fingerprint density at radius 1 is 0.889 bits per heavy atom. The van der Waals surface area contributed by atoms with Gasteiger partial charge in [-0.25, -0.2) is 4.98 Å². The molecule has 0 amide bonds. The molecule has 5 nitrogen and oxygen atoms in total. The van der Waals surface area contributed by atoms with Crippen LogP contribution in [-0.2, 0) is 6.54 Å². The molecule has 0 aliphatic heterocycles. The Bertz CT molecular complexity index is 815. The van der Waals surface area contributed by atoms with E-state index in [-0.39, 0.29) is 0 Å². The van der Waals surface area contributed by atoms with E-state index < -0.39 is 0 Å². The smallest absolute Gasteiger partial charge is 0.227 e. The molecule has 3 rings (SSSR count). The number of benzene rings is 1. The number of hydrogen-bond acceptors (Lipinski definition) is 5. The Kier molecular flexibility index (Phi) is 6.74. The summed E-state index contributed by atoms with van der Waals surface area (Å²) in [5, 5.41) is 3.41. The van der Waals surface area contributed by atoms with Crippen LogP contribution in [0.1, 0.15) is 32.4 Å². The van der Waals surface area contributed by atoms with Crippen LogP contribution in [0.5, 0.6) is 0 Å². The average Bonchev–Trinajstić information content (AvgIpc) is 2.73. The molecule has 3 aromatic rings. The molecular weight excluding hydrogens is 334 g/mol. The summed E-state index contributed by atoms with van der Waals surface area (Å²) in [5.41, 5.74) is 3.01. The molecule has 0 fully saturated rings. The van der Waals surface area contributed by atoms with E-state index in [9.17, 15) is 0 Å². The van der Waals surface area contributed by atoms with Crippen molar-refractivity contribution < 1.29 is 0 Å². The maximum Gasteiger partial charge on any atom is 0.227 e. The van der Waals surface area contributed by atoms with Gasteiger partial charge in [0.2, 0.25) is 5.95 Å². The third-order valence-corrected chi connectivity index (χ3v) is 4.23. The first-order valence-corrected chi connectivity index (χ1v) is 9.63. The Morgan fingerprint density at radius 3 is 2.30 bits per heavy atom. The highest BCUT2D eigenvalue weighted by atomic mass is 15.3. The SMILES string of the molecule is CCCN(CCC)c1nc(NCc2ccccn2)cc(-c2ccccc2)n1. The molecule has 0 unspecified atom stereocenters. The molecule has 0 atom stereocenters. The molecule has 2 heterocycles. The topological polar surface area (TPSA) is 53.9 Å². The van der Waals surface area contributed by atoms with Crippen molar-refractivity contribution in [1.29, 1.82) is 0 Å². The minimum atomic E-state index is 0.632. The minimum Gasteiger partial charge on any atom is -0.364 e. The number of nitrogens with one attached hydrogen (secondary N) is 1. The van der Waals surface area contributed by atoms with Crippen molar-refractivity contribution in [3.05, 3.63) is 66.5 Å². The van der Waals surface area contributed by atoms with E-state index in [1.165, 1.54) is 0 Å². The Hall–Kier alpha value is -2.95. The predicted molar refractivity (Wildman–Crippen MR) is 112 cm³/mol. The lowest BCUT2D eigenvalue weighted by atomic mass is 10.1. The fourth-order valence-electron chi connectivity index (χ4n) is 2.96. The summed E-state index contributed by atoms with van der Waals surface area (Å²) in [6.07, 6.45) is 3.94. The predicted octanol–water partition coefficient (Wildman–Crippen LogP) is 4.78. The highest BCUT2D eigenvalue weighted by molar-refractivity contribution is 5.64. The summed E-state index contributed by atoms with van der Waals surface area (Å²) in [4.78, 5) is 16.3. The lowest BCUT2D eigenvalue weighted by molar-refractivity contribution is 0.722. The lowest BCUT2D eigenvalue weighted by Gasteiger charge is -2.22. The van der Waals surface area contributed by atoms with Crippen LogP contribution in [0.4, 0.5) is 11.8 Å². The van der Waals surface area contributed by atoms with Crippen molar-refractivity contribution in [1.82, 2.24) is 15.0 Å². The number of nitrogens with zero attached hydrogens (tertiary/aromatic N) is 4. The van der Waals surface area contributed by atoms with Crippen LogP contribution in [0.3, 0.4) is 0 Å². The Morgan fingerprint density at radius 2 is 1.63 bits per heavy atom. The number of anilines is 2. The van der Waals surface area contributed by atoms with Crippen LogP contribution in [0.2, 0.25) is 0 Å². The van der Waals surface area contributed by atoms with Crippen LogP contribution in [0.15, 0.2) is 60.8 Å². The molecule has 2 aromatic heterocycles. The minimum absolute atomic E-state index is 0.632.